The number of halogens is 1. The molecule has 0 aliphatic carbocycles. The summed E-state index contributed by atoms with van der Waals surface area (Å²) in [5, 5.41) is 14.5. The number of aliphatic hydroxyl groups is 1. The molecule has 2 N–H and O–H groups in total. The van der Waals surface area contributed by atoms with Crippen molar-refractivity contribution >= 4 is 23.2 Å². The summed E-state index contributed by atoms with van der Waals surface area (Å²) in [6.45, 7) is 8.81. The normalized spacial score (nSPS) is 16.2. The molecule has 0 spiro atoms. The second kappa shape index (κ2) is 9.75. The maximum Gasteiger partial charge on any atom is 0.194 e. The average Bonchev–Trinajstić information content (AvgIpc) is 2.73. The summed E-state index contributed by atoms with van der Waals surface area (Å²) in [4.78, 5) is 13.3. The molecular formula is C21H28ClN5O. The number of hydrogen-bond acceptors (Lipinski definition) is 4. The van der Waals surface area contributed by atoms with E-state index in [4.69, 9.17) is 11.6 Å². The van der Waals surface area contributed by atoms with Crippen molar-refractivity contribution in [3.8, 4) is 0 Å². The van der Waals surface area contributed by atoms with E-state index in [2.05, 4.69) is 45.0 Å². The Morgan fingerprint density at radius 1 is 1.21 bits per heavy atom. The summed E-state index contributed by atoms with van der Waals surface area (Å²) >= 11 is 6.18. The van der Waals surface area contributed by atoms with Crippen LogP contribution in [0.15, 0.2) is 47.7 Å². The van der Waals surface area contributed by atoms with Gasteiger partial charge in [0.2, 0.25) is 0 Å². The van der Waals surface area contributed by atoms with E-state index in [-0.39, 0.29) is 0 Å². The number of aliphatic hydroxyl groups excluding tert-OH is 1. The molecule has 7 heteroatoms. The average molecular weight is 402 g/mol. The van der Waals surface area contributed by atoms with Gasteiger partial charge in [-0.1, -0.05) is 17.7 Å². The fraction of sp³-hybridized carbons (Fsp3) is 0.429. The first kappa shape index (κ1) is 20.4. The van der Waals surface area contributed by atoms with Crippen LogP contribution in [0.25, 0.3) is 0 Å². The molecule has 0 bridgehead atoms. The van der Waals surface area contributed by atoms with Gasteiger partial charge in [-0.05, 0) is 49.2 Å². The van der Waals surface area contributed by atoms with Crippen LogP contribution >= 0.6 is 11.6 Å². The molecule has 2 heterocycles. The number of anilines is 1. The topological polar surface area (TPSA) is 64.0 Å². The van der Waals surface area contributed by atoms with E-state index in [1.807, 2.05) is 24.3 Å². The second-order valence-electron chi connectivity index (χ2n) is 6.90. The summed E-state index contributed by atoms with van der Waals surface area (Å²) in [6.07, 6.45) is 2.74. The number of rotatable bonds is 5. The Hall–Kier alpha value is -2.31. The molecule has 150 valence electrons. The van der Waals surface area contributed by atoms with Crippen LogP contribution in [0.5, 0.6) is 0 Å². The van der Waals surface area contributed by atoms with Gasteiger partial charge in [-0.2, -0.15) is 0 Å². The molecule has 1 aromatic heterocycles. The maximum absolute atomic E-state index is 10.4. The SMILES string of the molecule is CCNC(=NCC(O)c1ccncc1)N1CCN(c2cc(Cl)ccc2C)CC1. The van der Waals surface area contributed by atoms with E-state index in [9.17, 15) is 5.11 Å². The lowest BCUT2D eigenvalue weighted by molar-refractivity contribution is 0.186. The second-order valence-corrected chi connectivity index (χ2v) is 7.33. The van der Waals surface area contributed by atoms with Crippen LogP contribution in [0, 0.1) is 6.92 Å². The van der Waals surface area contributed by atoms with E-state index in [0.29, 0.717) is 6.54 Å². The number of hydrogen-bond donors (Lipinski definition) is 2. The number of pyridine rings is 1. The zero-order chi connectivity index (χ0) is 19.9. The molecule has 1 atom stereocenters. The summed E-state index contributed by atoms with van der Waals surface area (Å²) in [7, 11) is 0. The van der Waals surface area contributed by atoms with E-state index >= 15 is 0 Å². The predicted octanol–water partition coefficient (Wildman–Crippen LogP) is 2.86. The van der Waals surface area contributed by atoms with Crippen LogP contribution in [-0.2, 0) is 0 Å². The third kappa shape index (κ3) is 5.14. The molecule has 0 saturated carbocycles. The van der Waals surface area contributed by atoms with Gasteiger partial charge >= 0.3 is 0 Å². The van der Waals surface area contributed by atoms with Crippen molar-refractivity contribution in [2.45, 2.75) is 20.0 Å². The fourth-order valence-corrected chi connectivity index (χ4v) is 3.54. The Balaban J connectivity index is 1.63. The number of guanidine groups is 1. The highest BCUT2D eigenvalue weighted by molar-refractivity contribution is 6.30. The summed E-state index contributed by atoms with van der Waals surface area (Å²) in [5.41, 5.74) is 3.26. The molecule has 28 heavy (non-hydrogen) atoms. The van der Waals surface area contributed by atoms with Gasteiger partial charge in [0, 0.05) is 55.8 Å². The van der Waals surface area contributed by atoms with Gasteiger partial charge in [0.25, 0.3) is 0 Å². The zero-order valence-corrected chi connectivity index (χ0v) is 17.2. The Kier molecular flexibility index (Phi) is 7.12. The smallest absolute Gasteiger partial charge is 0.194 e. The third-order valence-corrected chi connectivity index (χ3v) is 5.17. The molecule has 2 aromatic rings. The number of aromatic nitrogens is 1. The predicted molar refractivity (Wildman–Crippen MR) is 115 cm³/mol. The van der Waals surface area contributed by atoms with E-state index in [1.54, 1.807) is 12.4 Å². The molecule has 0 amide bonds. The van der Waals surface area contributed by atoms with Crippen molar-refractivity contribution in [3.63, 3.8) is 0 Å². The lowest BCUT2D eigenvalue weighted by Gasteiger charge is -2.38. The van der Waals surface area contributed by atoms with E-state index in [0.717, 1.165) is 49.3 Å². The molecule has 1 saturated heterocycles. The molecule has 1 fully saturated rings. The highest BCUT2D eigenvalue weighted by atomic mass is 35.5. The van der Waals surface area contributed by atoms with Crippen molar-refractivity contribution in [2.75, 3.05) is 44.2 Å². The third-order valence-electron chi connectivity index (χ3n) is 4.93. The van der Waals surface area contributed by atoms with Gasteiger partial charge in [-0.25, -0.2) is 0 Å². The Bertz CT molecular complexity index is 791. The molecule has 6 nitrogen and oxygen atoms in total. The quantitative estimate of drug-likeness (QED) is 0.595. The monoisotopic (exact) mass is 401 g/mol. The molecule has 0 radical (unpaired) electrons. The van der Waals surface area contributed by atoms with Crippen LogP contribution < -0.4 is 10.2 Å². The first-order chi connectivity index (χ1) is 13.6. The summed E-state index contributed by atoms with van der Waals surface area (Å²) in [6, 6.07) is 9.67. The van der Waals surface area contributed by atoms with Crippen molar-refractivity contribution in [1.29, 1.82) is 0 Å². The van der Waals surface area contributed by atoms with Crippen LogP contribution in [0.1, 0.15) is 24.2 Å². The molecule has 3 rings (SSSR count). The van der Waals surface area contributed by atoms with Gasteiger partial charge in [0.05, 0.1) is 12.6 Å². The highest BCUT2D eigenvalue weighted by Gasteiger charge is 2.21. The number of aryl methyl sites for hydroxylation is 1. The van der Waals surface area contributed by atoms with Gasteiger partial charge in [0.15, 0.2) is 5.96 Å². The van der Waals surface area contributed by atoms with Crippen molar-refractivity contribution in [2.24, 2.45) is 4.99 Å². The van der Waals surface area contributed by atoms with Gasteiger partial charge in [-0.15, -0.1) is 0 Å². The summed E-state index contributed by atoms with van der Waals surface area (Å²) in [5.74, 6) is 0.845. The molecule has 1 unspecified atom stereocenters. The Morgan fingerprint density at radius 2 is 1.93 bits per heavy atom. The Morgan fingerprint density at radius 3 is 2.61 bits per heavy atom. The minimum Gasteiger partial charge on any atom is -0.386 e. The van der Waals surface area contributed by atoms with Crippen molar-refractivity contribution < 1.29 is 5.11 Å². The number of benzene rings is 1. The first-order valence-corrected chi connectivity index (χ1v) is 10.1. The molecule has 1 aromatic carbocycles. The maximum atomic E-state index is 10.4. The first-order valence-electron chi connectivity index (χ1n) is 9.71. The van der Waals surface area contributed by atoms with Crippen LogP contribution in [0.2, 0.25) is 5.02 Å². The Labute approximate surface area is 171 Å². The minimum atomic E-state index is -0.632. The van der Waals surface area contributed by atoms with Gasteiger partial charge in [0.1, 0.15) is 0 Å². The number of aliphatic imine (C=N–C) groups is 1. The van der Waals surface area contributed by atoms with Crippen molar-refractivity contribution in [1.82, 2.24) is 15.2 Å². The lowest BCUT2D eigenvalue weighted by Crippen LogP contribution is -2.52. The van der Waals surface area contributed by atoms with Crippen LogP contribution in [0.4, 0.5) is 5.69 Å². The lowest BCUT2D eigenvalue weighted by atomic mass is 10.1. The van der Waals surface area contributed by atoms with Crippen LogP contribution in [0.3, 0.4) is 0 Å². The van der Waals surface area contributed by atoms with Crippen LogP contribution in [-0.4, -0.2) is 60.2 Å². The zero-order valence-electron chi connectivity index (χ0n) is 16.5. The number of nitrogens with one attached hydrogen (secondary N) is 1. The fourth-order valence-electron chi connectivity index (χ4n) is 3.37. The van der Waals surface area contributed by atoms with E-state index in [1.165, 1.54) is 11.3 Å². The minimum absolute atomic E-state index is 0.319. The standard InChI is InChI=1S/C21H28ClN5O/c1-3-24-21(25-15-20(28)17-6-8-23-9-7-17)27-12-10-26(11-13-27)19-14-18(22)5-4-16(19)2/h4-9,14,20,28H,3,10-13,15H2,1-2H3,(H,24,25). The van der Waals surface area contributed by atoms with Crippen molar-refractivity contribution in [3.05, 3.63) is 58.9 Å². The van der Waals surface area contributed by atoms with Gasteiger partial charge in [-0.3, -0.25) is 9.98 Å². The summed E-state index contributed by atoms with van der Waals surface area (Å²) < 4.78 is 0. The van der Waals surface area contributed by atoms with Gasteiger partial charge < -0.3 is 20.2 Å². The molecule has 1 aliphatic heterocycles. The molecular weight excluding hydrogens is 374 g/mol. The number of nitrogens with zero attached hydrogens (tertiary/aromatic N) is 4. The number of piperazine rings is 1. The molecule has 1 aliphatic rings. The van der Waals surface area contributed by atoms with E-state index < -0.39 is 6.10 Å². The highest BCUT2D eigenvalue weighted by Crippen LogP contribution is 2.25. The largest absolute Gasteiger partial charge is 0.386 e.